The van der Waals surface area contributed by atoms with Gasteiger partial charge in [0.05, 0.1) is 12.4 Å². The van der Waals surface area contributed by atoms with Crippen molar-refractivity contribution in [1.82, 2.24) is 15.4 Å². The summed E-state index contributed by atoms with van der Waals surface area (Å²) in [6.45, 7) is 0. The van der Waals surface area contributed by atoms with Crippen molar-refractivity contribution in [3.63, 3.8) is 0 Å². The van der Waals surface area contributed by atoms with Crippen molar-refractivity contribution in [1.29, 1.82) is 0 Å². The molecule has 0 aromatic carbocycles. The monoisotopic (exact) mass is 180 g/mol. The van der Waals surface area contributed by atoms with E-state index in [1.807, 2.05) is 0 Å². The molecule has 1 aromatic rings. The molecule has 1 unspecified atom stereocenters. The first-order valence-corrected chi connectivity index (χ1v) is 3.32. The van der Waals surface area contributed by atoms with Crippen molar-refractivity contribution in [2.24, 2.45) is 15.4 Å². The summed E-state index contributed by atoms with van der Waals surface area (Å²) in [7, 11) is 0. The minimum Gasteiger partial charge on any atom is -0.479 e. The average Bonchev–Trinajstić information content (AvgIpc) is 2.75. The van der Waals surface area contributed by atoms with E-state index in [4.69, 9.17) is 5.11 Å². The maximum Gasteiger partial charge on any atom is 0.345 e. The number of hydrogen-bond donors (Lipinski definition) is 2. The maximum absolute atomic E-state index is 10.9. The second-order valence-electron chi connectivity index (χ2n) is 2.36. The van der Waals surface area contributed by atoms with E-state index >= 15 is 0 Å². The summed E-state index contributed by atoms with van der Waals surface area (Å²) >= 11 is 0. The number of H-pyrrole nitrogens is 1. The zero-order chi connectivity index (χ0) is 9.31. The predicted octanol–water partition coefficient (Wildman–Crippen LogP) is -0.464. The van der Waals surface area contributed by atoms with Crippen molar-refractivity contribution >= 4 is 12.2 Å². The van der Waals surface area contributed by atoms with Gasteiger partial charge in [0.15, 0.2) is 0 Å². The summed E-state index contributed by atoms with van der Waals surface area (Å²) in [6.07, 6.45) is 2.37. The van der Waals surface area contributed by atoms with Crippen LogP contribution in [-0.2, 0) is 10.3 Å². The predicted molar refractivity (Wildman–Crippen MR) is 39.0 cm³/mol. The van der Waals surface area contributed by atoms with Crippen molar-refractivity contribution in [2.45, 2.75) is 5.54 Å². The van der Waals surface area contributed by atoms with E-state index in [1.165, 1.54) is 6.20 Å². The summed E-state index contributed by atoms with van der Waals surface area (Å²) in [5, 5.41) is 28.5. The number of carboxylic acids is 1. The first kappa shape index (κ1) is 7.53. The normalized spacial score (nSPS) is 25.2. The van der Waals surface area contributed by atoms with Crippen LogP contribution in [0.5, 0.6) is 0 Å². The molecule has 8 heteroatoms. The standard InChI is InChI=1S/C5H4N6O2/c12-4(13)5(2-7-11-9-5)3-1-6-10-8-3/h1-2H,(H,12,13)(H,6,8,10). The molecule has 2 heterocycles. The van der Waals surface area contributed by atoms with E-state index in [9.17, 15) is 4.79 Å². The smallest absolute Gasteiger partial charge is 0.345 e. The molecule has 0 saturated heterocycles. The van der Waals surface area contributed by atoms with Crippen LogP contribution in [0.25, 0.3) is 0 Å². The van der Waals surface area contributed by atoms with E-state index in [0.29, 0.717) is 0 Å². The molecule has 13 heavy (non-hydrogen) atoms. The van der Waals surface area contributed by atoms with Gasteiger partial charge in [0.2, 0.25) is 0 Å². The van der Waals surface area contributed by atoms with Crippen LogP contribution in [0, 0.1) is 0 Å². The molecule has 0 radical (unpaired) electrons. The molecule has 0 amide bonds. The first-order chi connectivity index (χ1) is 6.26. The molecule has 2 rings (SSSR count). The molecule has 0 aliphatic carbocycles. The van der Waals surface area contributed by atoms with Gasteiger partial charge in [-0.25, -0.2) is 4.79 Å². The lowest BCUT2D eigenvalue weighted by Gasteiger charge is -2.10. The van der Waals surface area contributed by atoms with Gasteiger partial charge < -0.3 is 5.11 Å². The largest absolute Gasteiger partial charge is 0.479 e. The summed E-state index contributed by atoms with van der Waals surface area (Å²) in [5.41, 5.74) is -1.45. The Hall–Kier alpha value is -2.12. The van der Waals surface area contributed by atoms with Crippen LogP contribution < -0.4 is 0 Å². The van der Waals surface area contributed by atoms with E-state index in [-0.39, 0.29) is 5.69 Å². The Morgan fingerprint density at radius 1 is 1.62 bits per heavy atom. The van der Waals surface area contributed by atoms with Crippen LogP contribution in [0.1, 0.15) is 5.69 Å². The molecule has 1 atom stereocenters. The third-order valence-corrected chi connectivity index (χ3v) is 1.63. The van der Waals surface area contributed by atoms with Crippen LogP contribution in [0.2, 0.25) is 0 Å². The topological polar surface area (TPSA) is 116 Å². The van der Waals surface area contributed by atoms with Crippen LogP contribution in [-0.4, -0.2) is 32.7 Å². The Bertz CT molecular complexity index is 368. The number of aliphatic carboxylic acids is 1. The van der Waals surface area contributed by atoms with E-state index in [2.05, 4.69) is 30.8 Å². The Morgan fingerprint density at radius 3 is 2.92 bits per heavy atom. The van der Waals surface area contributed by atoms with Gasteiger partial charge in [-0.15, -0.1) is 10.2 Å². The minimum atomic E-state index is -1.60. The first-order valence-electron chi connectivity index (χ1n) is 3.32. The molecule has 1 aliphatic heterocycles. The second-order valence-corrected chi connectivity index (χ2v) is 2.36. The van der Waals surface area contributed by atoms with Gasteiger partial charge in [-0.2, -0.15) is 15.4 Å². The van der Waals surface area contributed by atoms with Gasteiger partial charge in [-0.1, -0.05) is 0 Å². The molecule has 0 bridgehead atoms. The number of nitrogens with one attached hydrogen (secondary N) is 1. The maximum atomic E-state index is 10.9. The molecule has 1 aliphatic rings. The minimum absolute atomic E-state index is 0.157. The Labute approximate surface area is 71.4 Å². The van der Waals surface area contributed by atoms with Crippen LogP contribution >= 0.6 is 0 Å². The number of hydrogen-bond acceptors (Lipinski definition) is 6. The number of rotatable bonds is 2. The van der Waals surface area contributed by atoms with Gasteiger partial charge in [0.25, 0.3) is 5.54 Å². The van der Waals surface area contributed by atoms with E-state index in [0.717, 1.165) is 6.21 Å². The van der Waals surface area contributed by atoms with Crippen molar-refractivity contribution in [3.05, 3.63) is 11.9 Å². The molecule has 66 valence electrons. The fourth-order valence-corrected chi connectivity index (χ4v) is 0.942. The SMILES string of the molecule is O=C(O)C1(c2cn[nH]n2)C=NN=N1. The summed E-state index contributed by atoms with van der Waals surface area (Å²) in [5.74, 6) is -1.19. The summed E-state index contributed by atoms with van der Waals surface area (Å²) in [4.78, 5) is 10.9. The van der Waals surface area contributed by atoms with Gasteiger partial charge in [-0.05, 0) is 5.22 Å². The summed E-state index contributed by atoms with van der Waals surface area (Å²) < 4.78 is 0. The zero-order valence-electron chi connectivity index (χ0n) is 6.25. The molecular formula is C5H4N6O2. The van der Waals surface area contributed by atoms with Crippen molar-refractivity contribution in [3.8, 4) is 0 Å². The third kappa shape index (κ3) is 0.916. The van der Waals surface area contributed by atoms with Gasteiger partial charge in [-0.3, -0.25) is 0 Å². The van der Waals surface area contributed by atoms with E-state index in [1.54, 1.807) is 0 Å². The number of nitrogens with zero attached hydrogens (tertiary/aromatic N) is 5. The number of aromatic nitrogens is 3. The summed E-state index contributed by atoms with van der Waals surface area (Å²) in [6, 6.07) is 0. The second kappa shape index (κ2) is 2.44. The Morgan fingerprint density at radius 2 is 2.46 bits per heavy atom. The third-order valence-electron chi connectivity index (χ3n) is 1.63. The van der Waals surface area contributed by atoms with Gasteiger partial charge in [0.1, 0.15) is 5.69 Å². The molecule has 8 nitrogen and oxygen atoms in total. The lowest BCUT2D eigenvalue weighted by molar-refractivity contribution is -0.140. The highest BCUT2D eigenvalue weighted by Gasteiger charge is 2.44. The zero-order valence-corrected chi connectivity index (χ0v) is 6.25. The Kier molecular flexibility index (Phi) is 1.41. The molecular weight excluding hydrogens is 176 g/mol. The van der Waals surface area contributed by atoms with Crippen molar-refractivity contribution in [2.75, 3.05) is 0 Å². The van der Waals surface area contributed by atoms with Gasteiger partial charge >= 0.3 is 5.97 Å². The van der Waals surface area contributed by atoms with Crippen LogP contribution in [0.15, 0.2) is 21.6 Å². The highest BCUT2D eigenvalue weighted by atomic mass is 16.4. The van der Waals surface area contributed by atoms with Gasteiger partial charge in [0, 0.05) is 0 Å². The fourth-order valence-electron chi connectivity index (χ4n) is 0.942. The molecule has 1 aromatic heterocycles. The van der Waals surface area contributed by atoms with E-state index < -0.39 is 11.5 Å². The quantitative estimate of drug-likeness (QED) is 0.640. The number of carbonyl (C=O) groups is 1. The average molecular weight is 180 g/mol. The lowest BCUT2D eigenvalue weighted by Crippen LogP contribution is -2.34. The highest BCUT2D eigenvalue weighted by molar-refractivity contribution is 6.00. The molecule has 0 fully saturated rings. The Balaban J connectivity index is 2.53. The van der Waals surface area contributed by atoms with Crippen LogP contribution in [0.3, 0.4) is 0 Å². The molecule has 0 spiro atoms. The molecule has 2 N–H and O–H groups in total. The highest BCUT2D eigenvalue weighted by Crippen LogP contribution is 2.25. The van der Waals surface area contributed by atoms with Crippen molar-refractivity contribution < 1.29 is 9.90 Å². The number of aromatic amines is 1. The van der Waals surface area contributed by atoms with Crippen LogP contribution in [0.4, 0.5) is 0 Å². The molecule has 0 saturated carbocycles. The fraction of sp³-hybridized carbons (Fsp3) is 0.200. The lowest BCUT2D eigenvalue weighted by atomic mass is 10.00. The number of carboxylic acid groups (broad SMARTS) is 1.